The normalized spacial score (nSPS) is 13.1. The van der Waals surface area contributed by atoms with Crippen molar-refractivity contribution in [1.29, 1.82) is 0 Å². The second-order valence-electron chi connectivity index (χ2n) is 21.0. The number of benzene rings is 8. The van der Waals surface area contributed by atoms with Crippen LogP contribution in [0.4, 0.5) is 4.79 Å². The maximum Gasteiger partial charge on any atom is 0.407 e. The average molecular weight is 1140 g/mol. The number of amides is 3. The van der Waals surface area contributed by atoms with Crippen LogP contribution < -0.4 is 21.7 Å². The molecule has 0 aromatic heterocycles. The van der Waals surface area contributed by atoms with E-state index in [4.69, 9.17) is 15.2 Å². The van der Waals surface area contributed by atoms with Gasteiger partial charge in [0, 0.05) is 25.2 Å². The minimum atomic E-state index is -1.28. The largest absolute Gasteiger partial charge is 0.469 e. The van der Waals surface area contributed by atoms with E-state index in [2.05, 4.69) is 20.7 Å². The highest BCUT2D eigenvalue weighted by Crippen LogP contribution is 2.45. The number of carbonyl (C=O) groups is 7. The van der Waals surface area contributed by atoms with E-state index in [9.17, 15) is 33.6 Å². The van der Waals surface area contributed by atoms with Crippen molar-refractivity contribution in [2.24, 2.45) is 17.6 Å². The summed E-state index contributed by atoms with van der Waals surface area (Å²) in [5.74, 6) is -4.37. The van der Waals surface area contributed by atoms with Crippen molar-refractivity contribution in [1.82, 2.24) is 16.0 Å². The van der Waals surface area contributed by atoms with Crippen LogP contribution in [0.2, 0.25) is 0 Å². The van der Waals surface area contributed by atoms with Gasteiger partial charge in [0.1, 0.15) is 17.7 Å². The second kappa shape index (κ2) is 29.0. The molecule has 5 N–H and O–H groups in total. The van der Waals surface area contributed by atoms with Crippen LogP contribution in [-0.4, -0.2) is 74.3 Å². The first-order valence-corrected chi connectivity index (χ1v) is 28.2. The van der Waals surface area contributed by atoms with E-state index in [0.29, 0.717) is 0 Å². The lowest BCUT2D eigenvalue weighted by molar-refractivity contribution is -0.147. The molecule has 0 saturated heterocycles. The molecule has 0 saturated carbocycles. The van der Waals surface area contributed by atoms with Crippen LogP contribution in [0, 0.1) is 11.8 Å². The van der Waals surface area contributed by atoms with Gasteiger partial charge < -0.3 is 35.9 Å². The minimum absolute atomic E-state index is 0.0324. The maximum absolute atomic E-state index is 14.2. The van der Waals surface area contributed by atoms with Gasteiger partial charge in [-0.05, 0) is 55.6 Å². The van der Waals surface area contributed by atoms with E-state index in [1.165, 1.54) is 14.2 Å². The zero-order valence-electron chi connectivity index (χ0n) is 48.0. The zero-order valence-corrected chi connectivity index (χ0v) is 48.0. The predicted molar refractivity (Wildman–Crippen MR) is 326 cm³/mol. The van der Waals surface area contributed by atoms with Crippen molar-refractivity contribution < 1.29 is 47.8 Å². The molecule has 0 fully saturated rings. The smallest absolute Gasteiger partial charge is 0.407 e. The number of ether oxygens (including phenoxy) is 3. The Morgan fingerprint density at radius 1 is 0.424 bits per heavy atom. The van der Waals surface area contributed by atoms with Crippen LogP contribution in [0.15, 0.2) is 231 Å². The van der Waals surface area contributed by atoms with Gasteiger partial charge in [0.2, 0.25) is 11.8 Å². The molecule has 434 valence electrons. The zero-order chi connectivity index (χ0) is 60.3. The van der Waals surface area contributed by atoms with Gasteiger partial charge in [-0.3, -0.25) is 28.8 Å². The number of nitrogens with one attached hydrogen (secondary N) is 3. The third kappa shape index (κ3) is 14.5. The molecule has 0 heterocycles. The summed E-state index contributed by atoms with van der Waals surface area (Å²) < 4.78 is 15.3. The van der Waals surface area contributed by atoms with E-state index < -0.39 is 71.1 Å². The molecular formula is C71H70N4O10. The topological polar surface area (TPSA) is 209 Å². The molecule has 1 aliphatic carbocycles. The monoisotopic (exact) mass is 1140 g/mol. The molecule has 0 bridgehead atoms. The Balaban J connectivity index is 0.000000241. The highest BCUT2D eigenvalue weighted by atomic mass is 16.5. The maximum atomic E-state index is 14.2. The van der Waals surface area contributed by atoms with Crippen molar-refractivity contribution in [2.45, 2.75) is 68.6 Å². The van der Waals surface area contributed by atoms with Crippen LogP contribution in [0.3, 0.4) is 0 Å². The number of nitrogens with two attached hydrogens (primary N) is 1. The van der Waals surface area contributed by atoms with Crippen molar-refractivity contribution >= 4 is 41.4 Å². The molecule has 0 radical (unpaired) electrons. The molecule has 14 nitrogen and oxygen atoms in total. The molecule has 85 heavy (non-hydrogen) atoms. The molecule has 0 unspecified atom stereocenters. The summed E-state index contributed by atoms with van der Waals surface area (Å²) in [4.78, 5) is 91.3. The number of esters is 2. The van der Waals surface area contributed by atoms with Gasteiger partial charge in [-0.2, -0.15) is 0 Å². The molecule has 8 aromatic rings. The molecule has 3 amide bonds. The van der Waals surface area contributed by atoms with Gasteiger partial charge in [0.25, 0.3) is 0 Å². The molecule has 8 aromatic carbocycles. The Kier molecular flexibility index (Phi) is 20.9. The average Bonchev–Trinajstić information content (AvgIpc) is 2.44. The summed E-state index contributed by atoms with van der Waals surface area (Å²) in [6.45, 7) is 3.20. The Bertz CT molecular complexity index is 3310. The molecule has 0 aliphatic heterocycles. The molecule has 14 heteroatoms. The summed E-state index contributed by atoms with van der Waals surface area (Å²) in [5, 5.41) is 9.10. The molecule has 4 atom stereocenters. The van der Waals surface area contributed by atoms with Crippen LogP contribution in [0.25, 0.3) is 11.1 Å². The van der Waals surface area contributed by atoms with E-state index in [1.54, 1.807) is 13.8 Å². The number of hydrogen-bond donors (Lipinski definition) is 4. The second-order valence-corrected chi connectivity index (χ2v) is 21.0. The van der Waals surface area contributed by atoms with E-state index in [-0.39, 0.29) is 43.5 Å². The Labute approximate surface area is 496 Å². The van der Waals surface area contributed by atoms with Crippen molar-refractivity contribution in [2.75, 3.05) is 20.8 Å². The molecule has 9 rings (SSSR count). The van der Waals surface area contributed by atoms with Crippen LogP contribution in [0.1, 0.15) is 90.0 Å². The van der Waals surface area contributed by atoms with Crippen molar-refractivity contribution in [3.05, 3.63) is 275 Å². The summed E-state index contributed by atoms with van der Waals surface area (Å²) in [7, 11) is 2.52. The molecule has 1 aliphatic rings. The van der Waals surface area contributed by atoms with Crippen LogP contribution >= 0.6 is 0 Å². The van der Waals surface area contributed by atoms with E-state index >= 15 is 0 Å². The van der Waals surface area contributed by atoms with Crippen molar-refractivity contribution in [3.63, 3.8) is 0 Å². The number of rotatable bonds is 23. The number of carbonyl (C=O) groups excluding carboxylic acids is 7. The van der Waals surface area contributed by atoms with Gasteiger partial charge in [0.15, 0.2) is 11.6 Å². The van der Waals surface area contributed by atoms with Gasteiger partial charge in [-0.25, -0.2) is 4.79 Å². The molecular weight excluding hydrogens is 1070 g/mol. The van der Waals surface area contributed by atoms with Gasteiger partial charge >= 0.3 is 18.0 Å². The van der Waals surface area contributed by atoms with Gasteiger partial charge in [-0.15, -0.1) is 0 Å². The fourth-order valence-corrected chi connectivity index (χ4v) is 11.1. The predicted octanol–water partition coefficient (Wildman–Crippen LogP) is 10.7. The molecule has 0 spiro atoms. The number of Topliss-reactive ketones (excluding diaryl/α,β-unsaturated/α-hetero) is 2. The van der Waals surface area contributed by atoms with Gasteiger partial charge in [-0.1, -0.05) is 244 Å². The standard InChI is InChI=1S/C43H40N2O6.C28H30N2O4/c1-29(41(48)50-2)26-39(46)38(44-42(49)51-28-37-35-24-14-12-22-33(35)34-23-13-15-25-36(34)37)27-40(47)45-43(30-16-6-3-7-17-30,31-18-8-4-9-19-31)32-20-10-5-11-21-32;1-20(27(33)34-2)18-25(31)24(29)19-26(32)30-28(21-12-6-3-7-13-21,22-14-8-4-9-15-22)23-16-10-5-11-17-23/h3-25,29,37-38H,26-28H2,1-2H3,(H,44,49)(H,45,47);3-17,20,24H,18-19,29H2,1-2H3,(H,30,32)/t29-,38-;20-,24-/m11/s1. The van der Waals surface area contributed by atoms with Gasteiger partial charge in [0.05, 0.1) is 44.6 Å². The number of ketones is 2. The number of methoxy groups -OCH3 is 2. The number of alkyl carbamates (subject to hydrolysis) is 1. The lowest BCUT2D eigenvalue weighted by atomic mass is 9.76. The third-order valence-electron chi connectivity index (χ3n) is 15.3. The van der Waals surface area contributed by atoms with Crippen molar-refractivity contribution in [3.8, 4) is 11.1 Å². The van der Waals surface area contributed by atoms with Crippen LogP contribution in [-0.2, 0) is 54.1 Å². The first kappa shape index (κ1) is 61.3. The lowest BCUT2D eigenvalue weighted by Crippen LogP contribution is -2.51. The summed E-state index contributed by atoms with van der Waals surface area (Å²) in [5.41, 5.74) is 13.3. The SMILES string of the molecule is COC(=O)[C@H](C)CC(=O)[C@@H](CC(=O)NC(c1ccccc1)(c1ccccc1)c1ccccc1)NC(=O)OCC1c2ccccc2-c2ccccc21.COC(=O)[C@H](C)CC(=O)[C@H](N)CC(=O)NC(c1ccccc1)(c1ccccc1)c1ccccc1. The summed E-state index contributed by atoms with van der Waals surface area (Å²) in [6.07, 6.45) is -1.77. The summed E-state index contributed by atoms with van der Waals surface area (Å²) >= 11 is 0. The fraction of sp³-hybridized carbons (Fsp3) is 0.225. The van der Waals surface area contributed by atoms with Crippen LogP contribution in [0.5, 0.6) is 0 Å². The first-order chi connectivity index (χ1) is 41.2. The lowest BCUT2D eigenvalue weighted by Gasteiger charge is -2.37. The first-order valence-electron chi connectivity index (χ1n) is 28.2. The quantitative estimate of drug-likeness (QED) is 0.0269. The highest BCUT2D eigenvalue weighted by Gasteiger charge is 2.41. The highest BCUT2D eigenvalue weighted by molar-refractivity contribution is 5.95. The van der Waals surface area contributed by atoms with E-state index in [0.717, 1.165) is 55.6 Å². The Morgan fingerprint density at radius 3 is 1.07 bits per heavy atom. The number of hydrogen-bond acceptors (Lipinski definition) is 11. The fourth-order valence-electron chi connectivity index (χ4n) is 11.1. The number of fused-ring (bicyclic) bond motifs is 3. The Morgan fingerprint density at radius 2 is 0.729 bits per heavy atom. The van der Waals surface area contributed by atoms with E-state index in [1.807, 2.05) is 231 Å². The summed E-state index contributed by atoms with van der Waals surface area (Å²) in [6, 6.07) is 71.5. The minimum Gasteiger partial charge on any atom is -0.469 e. The Hall–Kier alpha value is -9.79. The third-order valence-corrected chi connectivity index (χ3v) is 15.3.